The van der Waals surface area contributed by atoms with Crippen molar-refractivity contribution < 1.29 is 19.2 Å². The number of hydrogen-bond donors (Lipinski definition) is 3. The molecule has 7 nitrogen and oxygen atoms in total. The van der Waals surface area contributed by atoms with Gasteiger partial charge in [-0.25, -0.2) is 0 Å². The summed E-state index contributed by atoms with van der Waals surface area (Å²) >= 11 is 0. The fourth-order valence-electron chi connectivity index (χ4n) is 3.50. The number of rotatable bonds is 7. The van der Waals surface area contributed by atoms with E-state index in [0.29, 0.717) is 24.3 Å². The molecule has 0 saturated carbocycles. The minimum atomic E-state index is -0.136. The third-order valence-electron chi connectivity index (χ3n) is 5.05. The number of nitrogens with one attached hydrogen (secondary N) is 3. The number of ether oxygens (including phenoxy) is 1. The lowest BCUT2D eigenvalue weighted by molar-refractivity contribution is -0.892. The molecule has 2 aromatic rings. The molecule has 0 atom stereocenters. The predicted molar refractivity (Wildman–Crippen MR) is 114 cm³/mol. The summed E-state index contributed by atoms with van der Waals surface area (Å²) in [6, 6.07) is 15.1. The highest BCUT2D eigenvalue weighted by Gasteiger charge is 2.22. The maximum Gasteiger partial charge on any atom is 0.279 e. The molecule has 7 heteroatoms. The standard InChI is InChI=1S/C22H28N4O3/c1-3-23-22(28)17-6-4-7-18(14-17)24-21(27)16-25-10-12-26(13-11-25)19-8-5-9-20(15-19)29-2/h4-9,14-15H,3,10-13,16H2,1-2H3,(H,23,28)(H,24,27)/p+1. The van der Waals surface area contributed by atoms with Gasteiger partial charge in [0.1, 0.15) is 5.75 Å². The smallest absolute Gasteiger partial charge is 0.279 e. The molecule has 1 heterocycles. The molecule has 0 bridgehead atoms. The summed E-state index contributed by atoms with van der Waals surface area (Å²) in [5.41, 5.74) is 2.34. The van der Waals surface area contributed by atoms with Gasteiger partial charge in [-0.2, -0.15) is 0 Å². The lowest BCUT2D eigenvalue weighted by Crippen LogP contribution is -3.15. The van der Waals surface area contributed by atoms with Crippen LogP contribution in [-0.4, -0.2) is 58.2 Å². The largest absolute Gasteiger partial charge is 0.497 e. The summed E-state index contributed by atoms with van der Waals surface area (Å²) in [6.45, 7) is 6.43. The first-order valence-electron chi connectivity index (χ1n) is 9.99. The van der Waals surface area contributed by atoms with Crippen molar-refractivity contribution in [3.05, 3.63) is 54.1 Å². The summed E-state index contributed by atoms with van der Waals surface area (Å²) in [4.78, 5) is 28.0. The zero-order valence-corrected chi connectivity index (χ0v) is 17.0. The van der Waals surface area contributed by atoms with Gasteiger partial charge in [-0.05, 0) is 37.3 Å². The molecular formula is C22H29N4O3+. The van der Waals surface area contributed by atoms with Crippen molar-refractivity contribution in [3.63, 3.8) is 0 Å². The van der Waals surface area contributed by atoms with Crippen molar-refractivity contribution in [2.24, 2.45) is 0 Å². The van der Waals surface area contributed by atoms with E-state index in [1.807, 2.05) is 25.1 Å². The molecule has 154 valence electrons. The second kappa shape index (κ2) is 9.93. The van der Waals surface area contributed by atoms with Crippen LogP contribution in [0.4, 0.5) is 11.4 Å². The highest BCUT2D eigenvalue weighted by Crippen LogP contribution is 2.20. The lowest BCUT2D eigenvalue weighted by Gasteiger charge is -2.33. The van der Waals surface area contributed by atoms with Crippen LogP contribution in [0.25, 0.3) is 0 Å². The quantitative estimate of drug-likeness (QED) is 0.646. The van der Waals surface area contributed by atoms with Gasteiger partial charge in [-0.3, -0.25) is 9.59 Å². The van der Waals surface area contributed by atoms with Crippen LogP contribution >= 0.6 is 0 Å². The van der Waals surface area contributed by atoms with Crippen molar-refractivity contribution in [1.82, 2.24) is 5.32 Å². The van der Waals surface area contributed by atoms with Crippen LogP contribution in [0.1, 0.15) is 17.3 Å². The third-order valence-corrected chi connectivity index (χ3v) is 5.05. The van der Waals surface area contributed by atoms with Crippen LogP contribution < -0.4 is 25.2 Å². The van der Waals surface area contributed by atoms with Gasteiger partial charge >= 0.3 is 0 Å². The molecule has 1 aliphatic heterocycles. The monoisotopic (exact) mass is 397 g/mol. The van der Waals surface area contributed by atoms with Gasteiger partial charge in [0.05, 0.1) is 33.3 Å². The number of methoxy groups -OCH3 is 1. The Morgan fingerprint density at radius 1 is 1.10 bits per heavy atom. The van der Waals surface area contributed by atoms with Crippen molar-refractivity contribution in [1.29, 1.82) is 0 Å². The number of piperazine rings is 1. The van der Waals surface area contributed by atoms with Crippen LogP contribution in [0.15, 0.2) is 48.5 Å². The van der Waals surface area contributed by atoms with Gasteiger partial charge < -0.3 is 25.2 Å². The fraction of sp³-hybridized carbons (Fsp3) is 0.364. The first-order valence-corrected chi connectivity index (χ1v) is 9.99. The Morgan fingerprint density at radius 2 is 1.86 bits per heavy atom. The van der Waals surface area contributed by atoms with E-state index < -0.39 is 0 Å². The van der Waals surface area contributed by atoms with E-state index in [2.05, 4.69) is 21.6 Å². The van der Waals surface area contributed by atoms with Crippen LogP contribution in [0.2, 0.25) is 0 Å². The van der Waals surface area contributed by atoms with Crippen LogP contribution in [-0.2, 0) is 4.79 Å². The number of anilines is 2. The van der Waals surface area contributed by atoms with Crippen LogP contribution in [0.3, 0.4) is 0 Å². The zero-order valence-electron chi connectivity index (χ0n) is 17.0. The predicted octanol–water partition coefficient (Wildman–Crippen LogP) is 0.789. The second-order valence-corrected chi connectivity index (χ2v) is 7.10. The highest BCUT2D eigenvalue weighted by molar-refractivity contribution is 5.97. The Morgan fingerprint density at radius 3 is 2.59 bits per heavy atom. The summed E-state index contributed by atoms with van der Waals surface area (Å²) in [5, 5.41) is 5.68. The van der Waals surface area contributed by atoms with Gasteiger partial charge in [-0.15, -0.1) is 0 Å². The van der Waals surface area contributed by atoms with E-state index in [1.54, 1.807) is 31.4 Å². The minimum absolute atomic E-state index is 0.0390. The average molecular weight is 397 g/mol. The highest BCUT2D eigenvalue weighted by atomic mass is 16.5. The number of quaternary nitrogens is 1. The SMILES string of the molecule is CCNC(=O)c1cccc(NC(=O)C[NH+]2CCN(c3cccc(OC)c3)CC2)c1. The second-order valence-electron chi connectivity index (χ2n) is 7.10. The molecule has 0 radical (unpaired) electrons. The van der Waals surface area contributed by atoms with Gasteiger partial charge in [-0.1, -0.05) is 12.1 Å². The van der Waals surface area contributed by atoms with Crippen molar-refractivity contribution in [2.45, 2.75) is 6.92 Å². The summed E-state index contributed by atoms with van der Waals surface area (Å²) < 4.78 is 5.30. The summed E-state index contributed by atoms with van der Waals surface area (Å²) in [6.07, 6.45) is 0. The maximum absolute atomic E-state index is 12.5. The fourth-order valence-corrected chi connectivity index (χ4v) is 3.50. The average Bonchev–Trinajstić information content (AvgIpc) is 2.74. The molecule has 1 aliphatic rings. The van der Waals surface area contributed by atoms with Crippen molar-refractivity contribution >= 4 is 23.2 Å². The Kier molecular flexibility index (Phi) is 7.08. The molecule has 0 unspecified atom stereocenters. The van der Waals surface area contributed by atoms with E-state index in [1.165, 1.54) is 4.90 Å². The molecule has 0 aliphatic carbocycles. The van der Waals surface area contributed by atoms with Gasteiger partial charge in [0.25, 0.3) is 11.8 Å². The zero-order chi connectivity index (χ0) is 20.6. The molecule has 29 heavy (non-hydrogen) atoms. The molecule has 2 aromatic carbocycles. The number of hydrogen-bond acceptors (Lipinski definition) is 4. The van der Waals surface area contributed by atoms with Crippen molar-refractivity contribution in [2.75, 3.05) is 56.6 Å². The number of carbonyl (C=O) groups is 2. The first kappa shape index (κ1) is 20.7. The Hall–Kier alpha value is -3.06. The van der Waals surface area contributed by atoms with E-state index in [4.69, 9.17) is 4.74 Å². The molecule has 0 aromatic heterocycles. The summed E-state index contributed by atoms with van der Waals surface area (Å²) in [5.74, 6) is 0.678. The molecule has 3 N–H and O–H groups in total. The molecule has 1 saturated heterocycles. The van der Waals surface area contributed by atoms with E-state index >= 15 is 0 Å². The Bertz CT molecular complexity index is 847. The molecule has 1 fully saturated rings. The van der Waals surface area contributed by atoms with Gasteiger partial charge in [0.15, 0.2) is 6.54 Å². The topological polar surface area (TPSA) is 75.1 Å². The van der Waals surface area contributed by atoms with Gasteiger partial charge in [0.2, 0.25) is 0 Å². The number of benzene rings is 2. The normalized spacial score (nSPS) is 14.3. The van der Waals surface area contributed by atoms with Crippen LogP contribution in [0.5, 0.6) is 5.75 Å². The van der Waals surface area contributed by atoms with Crippen LogP contribution in [0, 0.1) is 0 Å². The summed E-state index contributed by atoms with van der Waals surface area (Å²) in [7, 11) is 1.67. The molecular weight excluding hydrogens is 368 g/mol. The Labute approximate surface area is 171 Å². The molecule has 3 rings (SSSR count). The van der Waals surface area contributed by atoms with E-state index in [9.17, 15) is 9.59 Å². The number of amides is 2. The van der Waals surface area contributed by atoms with Crippen molar-refractivity contribution in [3.8, 4) is 5.75 Å². The first-order chi connectivity index (χ1) is 14.1. The number of carbonyl (C=O) groups excluding carboxylic acids is 2. The third kappa shape index (κ3) is 5.71. The lowest BCUT2D eigenvalue weighted by atomic mass is 10.2. The maximum atomic E-state index is 12.5. The molecule has 0 spiro atoms. The molecule has 2 amide bonds. The van der Waals surface area contributed by atoms with E-state index in [-0.39, 0.29) is 11.8 Å². The Balaban J connectivity index is 1.50. The minimum Gasteiger partial charge on any atom is -0.497 e. The van der Waals surface area contributed by atoms with Gasteiger partial charge in [0, 0.05) is 29.5 Å². The number of nitrogens with zero attached hydrogens (tertiary/aromatic N) is 1. The van der Waals surface area contributed by atoms with E-state index in [0.717, 1.165) is 37.6 Å².